The third-order valence-electron chi connectivity index (χ3n) is 20.3. The number of phosphoric acid groups is 2. The van der Waals surface area contributed by atoms with Crippen molar-refractivity contribution in [3.63, 3.8) is 0 Å². The number of aliphatic hydroxyl groups is 15. The molecule has 0 aromatic heterocycles. The van der Waals surface area contributed by atoms with Crippen molar-refractivity contribution in [2.75, 3.05) is 46.2 Å². The Bertz CT molecular complexity index is 3600. The maximum absolute atomic E-state index is 12.7. The lowest BCUT2D eigenvalue weighted by atomic mass is 9.94. The maximum atomic E-state index is 12.7. The van der Waals surface area contributed by atoms with Crippen molar-refractivity contribution in [2.45, 2.75) is 241 Å². The van der Waals surface area contributed by atoms with Crippen LogP contribution >= 0.6 is 15.6 Å². The first kappa shape index (κ1) is 88.1. The van der Waals surface area contributed by atoms with Gasteiger partial charge in [-0.25, -0.2) is 9.13 Å². The van der Waals surface area contributed by atoms with Crippen LogP contribution in [0.15, 0.2) is 121 Å². The molecule has 14 bridgehead atoms. The van der Waals surface area contributed by atoms with Crippen LogP contribution < -0.4 is 0 Å². The van der Waals surface area contributed by atoms with Crippen molar-refractivity contribution in [2.24, 2.45) is 0 Å². The summed E-state index contributed by atoms with van der Waals surface area (Å²) in [5.41, 5.74) is 1.96. The van der Waals surface area contributed by atoms with E-state index in [1.54, 1.807) is 121 Å². The minimum Gasteiger partial charge on any atom is -0.394 e. The molecule has 41 nitrogen and oxygen atoms in total. The summed E-state index contributed by atoms with van der Waals surface area (Å²) < 4.78 is 149. The van der Waals surface area contributed by atoms with Gasteiger partial charge in [0.2, 0.25) is 0 Å². The highest BCUT2D eigenvalue weighted by molar-refractivity contribution is 7.46. The molecule has 20 aliphatic heterocycles. The zero-order valence-corrected chi connectivity index (χ0v) is 61.7. The summed E-state index contributed by atoms with van der Waals surface area (Å²) in [6.07, 6.45) is -71.4. The van der Waals surface area contributed by atoms with Crippen molar-refractivity contribution >= 4 is 15.6 Å². The maximum Gasteiger partial charge on any atom is 0.469 e. The van der Waals surface area contributed by atoms with Gasteiger partial charge in [0.05, 0.1) is 72.7 Å². The van der Waals surface area contributed by atoms with E-state index in [0.717, 1.165) is 0 Å². The number of hydrogen-bond donors (Lipinski definition) is 19. The van der Waals surface area contributed by atoms with Crippen LogP contribution in [-0.4, -0.2) is 357 Å². The summed E-state index contributed by atoms with van der Waals surface area (Å²) in [5.74, 6) is 0. The highest BCUT2D eigenvalue weighted by Gasteiger charge is 2.61. The fourth-order valence-corrected chi connectivity index (χ4v) is 15.1. The van der Waals surface area contributed by atoms with Gasteiger partial charge >= 0.3 is 15.6 Å². The molecule has 20 heterocycles. The molecule has 43 heteroatoms. The Hall–Kier alpha value is -4.22. The third-order valence-corrected chi connectivity index (χ3v) is 21.3. The van der Waals surface area contributed by atoms with E-state index >= 15 is 0 Å². The molecule has 19 N–H and O–H groups in total. The van der Waals surface area contributed by atoms with E-state index in [0.29, 0.717) is 22.3 Å². The van der Waals surface area contributed by atoms with E-state index in [9.17, 15) is 105 Å². The monoisotopic (exact) mass is 1650 g/mol. The molecule has 24 rings (SSSR count). The molecule has 0 amide bonds. The number of phosphoric ester groups is 2. The highest BCUT2D eigenvalue weighted by atomic mass is 31.2. The van der Waals surface area contributed by atoms with Gasteiger partial charge in [0.25, 0.3) is 0 Å². The molecule has 0 saturated carbocycles. The summed E-state index contributed by atoms with van der Waals surface area (Å²) in [6.45, 7) is -9.29. The van der Waals surface area contributed by atoms with Crippen molar-refractivity contribution in [3.8, 4) is 0 Å². The molecule has 1 unspecified atom stereocenters. The van der Waals surface area contributed by atoms with Gasteiger partial charge in [0, 0.05) is 0 Å². The molecular weight excluding hydrogens is 1560 g/mol. The first-order valence-corrected chi connectivity index (χ1v) is 39.3. The fourth-order valence-electron chi connectivity index (χ4n) is 14.5. The summed E-state index contributed by atoms with van der Waals surface area (Å²) in [5, 5.41) is 176. The second-order valence-electron chi connectivity index (χ2n) is 27.9. The number of rotatable bonds is 23. The van der Waals surface area contributed by atoms with E-state index in [4.69, 9.17) is 94.3 Å². The van der Waals surface area contributed by atoms with Crippen molar-refractivity contribution in [1.82, 2.24) is 0 Å². The smallest absolute Gasteiger partial charge is 0.394 e. The second kappa shape index (κ2) is 39.8. The number of ether oxygens (including phenoxy) is 18. The van der Waals surface area contributed by atoms with Gasteiger partial charge in [0.1, 0.15) is 171 Å². The lowest BCUT2D eigenvalue weighted by Crippen LogP contribution is -2.69. The zero-order chi connectivity index (χ0) is 80.6. The molecule has 20 aliphatic rings. The number of hydrogen-bond acceptors (Lipinski definition) is 37. The van der Waals surface area contributed by atoms with E-state index in [-0.39, 0.29) is 26.4 Å². The quantitative estimate of drug-likeness (QED) is 0.0307. The summed E-state index contributed by atoms with van der Waals surface area (Å²) in [4.78, 5) is 40.8. The largest absolute Gasteiger partial charge is 0.469 e. The molecule has 4 aromatic rings. The Kier molecular flexibility index (Phi) is 31.0. The van der Waals surface area contributed by atoms with Crippen LogP contribution in [0.2, 0.25) is 0 Å². The Labute approximate surface area is 644 Å². The van der Waals surface area contributed by atoms with Gasteiger partial charge in [-0.3, -0.25) is 9.05 Å². The predicted octanol–water partition coefficient (Wildman–Crippen LogP) is -6.10. The predicted molar refractivity (Wildman–Crippen MR) is 366 cm³/mol. The summed E-state index contributed by atoms with van der Waals surface area (Å²) in [7, 11) is -11.0. The van der Waals surface area contributed by atoms with Gasteiger partial charge in [-0.1, -0.05) is 121 Å². The first-order chi connectivity index (χ1) is 54.2. The van der Waals surface area contributed by atoms with Gasteiger partial charge in [-0.05, 0) is 22.3 Å². The van der Waals surface area contributed by atoms with Gasteiger partial charge in [-0.15, -0.1) is 0 Å². The second-order valence-corrected chi connectivity index (χ2v) is 30.4. The average Bonchev–Trinajstić information content (AvgIpc) is 0.788. The molecule has 35 atom stereocenters. The van der Waals surface area contributed by atoms with Crippen LogP contribution in [0.1, 0.15) is 22.3 Å². The van der Waals surface area contributed by atoms with Crippen LogP contribution in [0.5, 0.6) is 0 Å². The van der Waals surface area contributed by atoms with Crippen molar-refractivity contribution in [1.29, 1.82) is 0 Å². The van der Waals surface area contributed by atoms with Crippen LogP contribution in [-0.2, 0) is 130 Å². The Morgan fingerprint density at radius 3 is 0.655 bits per heavy atom. The number of benzene rings is 4. The molecule has 0 radical (unpaired) electrons. The fraction of sp³-hybridized carbons (Fsp3) is 0.657. The molecule has 4 aromatic carbocycles. The molecule has 20 fully saturated rings. The topological polar surface area (TPSA) is 603 Å². The van der Waals surface area contributed by atoms with E-state index in [2.05, 4.69) is 0 Å². The van der Waals surface area contributed by atoms with E-state index in [1.807, 2.05) is 0 Å². The Morgan fingerprint density at radius 2 is 0.442 bits per heavy atom. The van der Waals surface area contributed by atoms with Crippen LogP contribution in [0.4, 0.5) is 0 Å². The lowest BCUT2D eigenvalue weighted by molar-refractivity contribution is -0.401. The standard InChI is InChI=1S/C70H96O41P2/c71-21-36-53-43(76)48(81)64(98-36)106-54-37(22-72)101-67(51(84)44(54)77)110-58-41(30-96-112(86,87)88)104-70(63(95-29-35-19-11-4-12-20-35)60(58)92-26-32-13-5-1-6-14-32)109-57-40(25-75)100-66(50(83)47(57)80)107-55-38(23-73)102-68(52(85)45(55)78)111-59-42(31-97-113(89,90)91)103-69(108-56-39(24-74)99-65(105-53)49(82)46(56)79)62(94-28-34-17-9-3-10-18-34)61(59)93-27-33-15-7-2-8-16-33/h1-20,36-85H,21-31H2,(H2,86,87,88)(H2,89,90,91)/t36-,37-,38-,39-,40-,41-,42-,43-,44-,45-,46-,47-,48-,49-,50-,51-,52?,53-,54-,55-,56-,57-,58-,59-,60+,61+,62-,63-,64-,65-,66-,67-,68-,69-,70-/m1/s1. The van der Waals surface area contributed by atoms with Gasteiger partial charge in [0.15, 0.2) is 44.0 Å². The van der Waals surface area contributed by atoms with Crippen molar-refractivity contribution < 1.29 is 200 Å². The molecular formula is C70H96O41P2. The summed E-state index contributed by atoms with van der Waals surface area (Å²) in [6, 6.07) is 33.3. The first-order valence-electron chi connectivity index (χ1n) is 36.2. The lowest BCUT2D eigenvalue weighted by Gasteiger charge is -2.51. The van der Waals surface area contributed by atoms with E-state index < -0.39 is 277 Å². The van der Waals surface area contributed by atoms with Crippen molar-refractivity contribution in [3.05, 3.63) is 144 Å². The SMILES string of the molecule is O=P(O)(O)OC[C@H]1O[C@@H]2O[C@H]3[C@H](O)[C@@H](O)[C@@H](O[C@H]4[C@H](O)[C@@H](O)[C@@H](O[C@H]5[C@H](O)[C@@H](O)[C@@H](O[C@H]6[C@H](OCc7ccccc7)[C@@H](OCc7ccccc7)[C@@H](O[C@H]7[C@H](O)[C@@H](O)[C@@H](O[C@H]8[C@H](O)C(O)[C@@H](O[C@H]1[C@H](OCc1ccccc1)[C@H]2OCc1ccccc1)O[C@@H]8CO)O[C@@H]7CO)O[C@@H]6COP(=O)(O)O)O[C@@H]5CO)O[C@@H]4CO)O[C@@H]3CO. The summed E-state index contributed by atoms with van der Waals surface area (Å²) >= 11 is 0. The minimum absolute atomic E-state index is 0.340. The number of fused-ring (bicyclic) bond motifs is 1. The van der Waals surface area contributed by atoms with Crippen LogP contribution in [0.3, 0.4) is 0 Å². The Morgan fingerprint density at radius 1 is 0.248 bits per heavy atom. The van der Waals surface area contributed by atoms with Crippen LogP contribution in [0, 0.1) is 0 Å². The molecule has 632 valence electrons. The molecule has 20 saturated heterocycles. The number of aliphatic hydroxyl groups excluding tert-OH is 15. The molecule has 113 heavy (non-hydrogen) atoms. The highest BCUT2D eigenvalue weighted by Crippen LogP contribution is 2.45. The van der Waals surface area contributed by atoms with Gasteiger partial charge < -0.3 is 181 Å². The van der Waals surface area contributed by atoms with Crippen LogP contribution in [0.25, 0.3) is 0 Å². The third kappa shape index (κ3) is 21.3. The minimum atomic E-state index is -5.51. The zero-order valence-electron chi connectivity index (χ0n) is 59.9. The molecule has 0 aliphatic carbocycles. The van der Waals surface area contributed by atoms with E-state index in [1.165, 1.54) is 0 Å². The molecule has 0 spiro atoms. The van der Waals surface area contributed by atoms with Gasteiger partial charge in [-0.2, -0.15) is 0 Å². The normalized spacial score (nSPS) is 41.7. The Balaban J connectivity index is 0.935. The average molecular weight is 1660 g/mol.